The number of fused-ring (bicyclic) bond motifs is 4. The molecule has 1 heterocycles. The van der Waals surface area contributed by atoms with Crippen molar-refractivity contribution in [1.29, 1.82) is 0 Å². The molecule has 0 spiro atoms. The number of aromatic nitrogens is 1. The number of thioether (sulfide) groups is 1. The number of carbonyl (C=O) groups excluding carboxylic acids is 2. The molecule has 2 aromatic carbocycles. The quantitative estimate of drug-likeness (QED) is 0.219. The van der Waals surface area contributed by atoms with Crippen LogP contribution in [0.2, 0.25) is 0 Å². The average Bonchev–Trinajstić information content (AvgIpc) is 3.14. The van der Waals surface area contributed by atoms with Crippen molar-refractivity contribution in [2.75, 3.05) is 44.0 Å². The van der Waals surface area contributed by atoms with Gasteiger partial charge in [-0.15, -0.1) is 11.3 Å². The molecule has 2 aliphatic rings. The second-order valence-corrected chi connectivity index (χ2v) is 13.6. The van der Waals surface area contributed by atoms with Crippen molar-refractivity contribution < 1.29 is 23.8 Å². The Balaban J connectivity index is 1.55. The van der Waals surface area contributed by atoms with Gasteiger partial charge in [0.2, 0.25) is 23.0 Å². The van der Waals surface area contributed by atoms with Crippen LogP contribution in [-0.2, 0) is 28.9 Å². The third-order valence-corrected chi connectivity index (χ3v) is 10.2. The molecule has 2 amide bonds. The molecule has 46 heavy (non-hydrogen) atoms. The number of amides is 2. The maximum Gasteiger partial charge on any atom is 0.248 e. The number of hydrogen-bond donors (Lipinski definition) is 3. The largest absolute Gasteiger partial charge is 0.493 e. The topological polar surface area (TPSA) is 128 Å². The van der Waals surface area contributed by atoms with Gasteiger partial charge in [0.1, 0.15) is 6.04 Å². The van der Waals surface area contributed by atoms with Crippen LogP contribution in [0.4, 0.5) is 10.8 Å². The van der Waals surface area contributed by atoms with Gasteiger partial charge in [-0.25, -0.2) is 4.98 Å². The number of anilines is 2. The van der Waals surface area contributed by atoms with E-state index < -0.39 is 12.1 Å². The van der Waals surface area contributed by atoms with E-state index in [0.29, 0.717) is 47.2 Å². The molecule has 1 aromatic heterocycles. The third kappa shape index (κ3) is 7.28. The van der Waals surface area contributed by atoms with Gasteiger partial charge < -0.3 is 30.2 Å². The molecular formula is C34H42N4O6S2. The normalized spacial score (nSPS) is 16.0. The minimum atomic E-state index is -0.664. The fourth-order valence-corrected chi connectivity index (χ4v) is 7.82. The van der Waals surface area contributed by atoms with Crippen LogP contribution >= 0.6 is 23.1 Å². The Hall–Kier alpha value is -3.77. The van der Waals surface area contributed by atoms with E-state index >= 15 is 0 Å². The minimum absolute atomic E-state index is 0.199. The Labute approximate surface area is 278 Å². The molecule has 0 saturated carbocycles. The molecule has 0 aliphatic heterocycles. The number of nitrogens with one attached hydrogen (secondary N) is 3. The van der Waals surface area contributed by atoms with Crippen molar-refractivity contribution in [3.8, 4) is 28.4 Å². The lowest BCUT2D eigenvalue weighted by molar-refractivity contribution is -0.120. The Morgan fingerprint density at radius 1 is 1.04 bits per heavy atom. The lowest BCUT2D eigenvalue weighted by Gasteiger charge is -2.19. The summed E-state index contributed by atoms with van der Waals surface area (Å²) >= 11 is 3.18. The summed E-state index contributed by atoms with van der Waals surface area (Å²) in [7, 11) is 4.69. The first-order chi connectivity index (χ1) is 22.3. The highest BCUT2D eigenvalue weighted by Gasteiger charge is 2.30. The predicted octanol–water partition coefficient (Wildman–Crippen LogP) is 5.76. The summed E-state index contributed by atoms with van der Waals surface area (Å²) in [5.41, 5.74) is 4.17. The molecular weight excluding hydrogens is 625 g/mol. The molecule has 0 unspecified atom stereocenters. The van der Waals surface area contributed by atoms with E-state index in [4.69, 9.17) is 19.2 Å². The van der Waals surface area contributed by atoms with Gasteiger partial charge in [-0.3, -0.25) is 14.4 Å². The molecule has 2 aliphatic carbocycles. The van der Waals surface area contributed by atoms with Crippen molar-refractivity contribution in [2.45, 2.75) is 70.4 Å². The first-order valence-electron chi connectivity index (χ1n) is 15.6. The number of nitrogens with zero attached hydrogens (tertiary/aromatic N) is 1. The highest BCUT2D eigenvalue weighted by atomic mass is 32.2. The highest BCUT2D eigenvalue weighted by Crippen LogP contribution is 2.50. The summed E-state index contributed by atoms with van der Waals surface area (Å²) in [6.45, 7) is 1.47. The van der Waals surface area contributed by atoms with E-state index in [1.807, 2.05) is 18.4 Å². The van der Waals surface area contributed by atoms with Gasteiger partial charge in [-0.05, 0) is 91.8 Å². The van der Waals surface area contributed by atoms with Gasteiger partial charge in [0.15, 0.2) is 16.6 Å². The predicted molar refractivity (Wildman–Crippen MR) is 185 cm³/mol. The van der Waals surface area contributed by atoms with Crippen LogP contribution in [-0.4, -0.2) is 56.2 Å². The lowest BCUT2D eigenvalue weighted by atomic mass is 9.95. The standard InChI is InChI=1S/C34H42N4O6S2/c1-19(39)35-23-13-11-20-17-28(42-2)31(43-3)32(44-4)30(20)21-12-14-24(27(40)18-22(21)23)36-26(15-16-45-5)33(41)38-34-37-25-9-7-6-8-10-29(25)46-34/h12,14,17-18,23,26H,6-11,13,15-16H2,1-5H3,(H,35,39)(H,36,40)(H,37,38,41)/t23-,26-/m0/s1. The fourth-order valence-electron chi connectivity index (χ4n) is 6.29. The molecule has 2 atom stereocenters. The summed E-state index contributed by atoms with van der Waals surface area (Å²) in [5.74, 6) is 1.74. The smallest absolute Gasteiger partial charge is 0.248 e. The summed E-state index contributed by atoms with van der Waals surface area (Å²) < 4.78 is 17.2. The molecule has 3 N–H and O–H groups in total. The van der Waals surface area contributed by atoms with Crippen molar-refractivity contribution in [3.05, 3.63) is 56.2 Å². The second-order valence-electron chi connectivity index (χ2n) is 11.5. The van der Waals surface area contributed by atoms with Crippen LogP contribution in [0, 0.1) is 0 Å². The monoisotopic (exact) mass is 666 g/mol. The van der Waals surface area contributed by atoms with Crippen molar-refractivity contribution in [1.82, 2.24) is 10.3 Å². The Kier molecular flexibility index (Phi) is 11.1. The number of hydrogen-bond acceptors (Lipinski definition) is 10. The number of carbonyl (C=O) groups is 2. The van der Waals surface area contributed by atoms with E-state index in [-0.39, 0.29) is 22.9 Å². The maximum absolute atomic E-state index is 13.9. The molecule has 0 fully saturated rings. The zero-order valence-corrected chi connectivity index (χ0v) is 28.7. The highest BCUT2D eigenvalue weighted by molar-refractivity contribution is 7.98. The van der Waals surface area contributed by atoms with Crippen LogP contribution < -0.4 is 35.6 Å². The van der Waals surface area contributed by atoms with Crippen LogP contribution in [0.25, 0.3) is 11.1 Å². The number of thiazole rings is 1. The van der Waals surface area contributed by atoms with Gasteiger partial charge in [-0.2, -0.15) is 11.8 Å². The zero-order valence-electron chi connectivity index (χ0n) is 27.0. The molecule has 246 valence electrons. The van der Waals surface area contributed by atoms with E-state index in [1.165, 1.54) is 18.2 Å². The summed E-state index contributed by atoms with van der Waals surface area (Å²) in [6.07, 6.45) is 9.05. The summed E-state index contributed by atoms with van der Waals surface area (Å²) in [5, 5.41) is 9.92. The first kappa shape index (κ1) is 33.6. The van der Waals surface area contributed by atoms with E-state index in [0.717, 1.165) is 53.8 Å². The number of aryl methyl sites for hydroxylation is 3. The first-order valence-corrected chi connectivity index (χ1v) is 17.8. The number of methoxy groups -OCH3 is 3. The van der Waals surface area contributed by atoms with Gasteiger partial charge in [0.05, 0.1) is 38.8 Å². The van der Waals surface area contributed by atoms with Gasteiger partial charge >= 0.3 is 0 Å². The van der Waals surface area contributed by atoms with E-state index in [2.05, 4.69) is 16.0 Å². The van der Waals surface area contributed by atoms with Crippen molar-refractivity contribution in [3.63, 3.8) is 0 Å². The van der Waals surface area contributed by atoms with Gasteiger partial charge in [-0.1, -0.05) is 12.5 Å². The average molecular weight is 667 g/mol. The van der Waals surface area contributed by atoms with Crippen LogP contribution in [0.1, 0.15) is 66.8 Å². The van der Waals surface area contributed by atoms with Crippen LogP contribution in [0.3, 0.4) is 0 Å². The molecule has 0 bridgehead atoms. The minimum Gasteiger partial charge on any atom is -0.493 e. The van der Waals surface area contributed by atoms with Gasteiger partial charge in [0.25, 0.3) is 0 Å². The summed E-state index contributed by atoms with van der Waals surface area (Å²) in [4.78, 5) is 45.8. The zero-order chi connectivity index (χ0) is 32.8. The Morgan fingerprint density at radius 2 is 1.83 bits per heavy atom. The number of ether oxygens (including phenoxy) is 3. The Bertz CT molecular complexity index is 1640. The fraction of sp³-hybridized carbons (Fsp3) is 0.471. The molecule has 0 radical (unpaired) electrons. The van der Waals surface area contributed by atoms with Gasteiger partial charge in [0, 0.05) is 17.4 Å². The lowest BCUT2D eigenvalue weighted by Crippen LogP contribution is -2.36. The molecule has 12 heteroatoms. The second kappa shape index (κ2) is 15.2. The van der Waals surface area contributed by atoms with Crippen molar-refractivity contribution >= 4 is 45.7 Å². The Morgan fingerprint density at radius 3 is 2.54 bits per heavy atom. The van der Waals surface area contributed by atoms with Crippen molar-refractivity contribution in [2.24, 2.45) is 0 Å². The number of benzene rings is 1. The third-order valence-electron chi connectivity index (χ3n) is 8.50. The molecule has 5 rings (SSSR count). The van der Waals surface area contributed by atoms with E-state index in [9.17, 15) is 14.4 Å². The number of rotatable bonds is 11. The molecule has 10 nitrogen and oxygen atoms in total. The SMILES string of the molecule is COc1cc2c(c(OC)c1OC)-c1ccc(N[C@@H](CCSC)C(=O)Nc3nc4c(s3)CCCCC4)c(=O)cc1[C@@H](NC(C)=O)CC2. The van der Waals surface area contributed by atoms with Crippen LogP contribution in [0.5, 0.6) is 17.2 Å². The maximum atomic E-state index is 13.9. The van der Waals surface area contributed by atoms with Crippen LogP contribution in [0.15, 0.2) is 29.1 Å². The molecule has 0 saturated heterocycles. The summed E-state index contributed by atoms with van der Waals surface area (Å²) in [6, 6.07) is 5.96. The molecule has 3 aromatic rings. The van der Waals surface area contributed by atoms with E-state index in [1.54, 1.807) is 56.6 Å².